The van der Waals surface area contributed by atoms with Crippen molar-refractivity contribution in [3.63, 3.8) is 0 Å². The van der Waals surface area contributed by atoms with Crippen LogP contribution in [0.4, 0.5) is 0 Å². The minimum Gasteiger partial charge on any atom is -0.496 e. The molecular weight excluding hydrogens is 340 g/mol. The summed E-state index contributed by atoms with van der Waals surface area (Å²) in [5, 5.41) is 8.85. The lowest BCUT2D eigenvalue weighted by atomic mass is 10.1. The molecule has 0 spiro atoms. The predicted molar refractivity (Wildman–Crippen MR) is 97.2 cm³/mol. The van der Waals surface area contributed by atoms with Crippen LogP contribution in [0.5, 0.6) is 5.75 Å². The second-order valence-corrected chi connectivity index (χ2v) is 7.05. The molecule has 0 saturated carbocycles. The molecule has 6 heteroatoms. The van der Waals surface area contributed by atoms with Gasteiger partial charge in [0.05, 0.1) is 29.0 Å². The summed E-state index contributed by atoms with van der Waals surface area (Å²) in [7, 11) is 1.55. The average molecular weight is 352 g/mol. The van der Waals surface area contributed by atoms with E-state index in [1.807, 2.05) is 24.3 Å². The minimum absolute atomic E-state index is 0.126. The predicted octanol–water partition coefficient (Wildman–Crippen LogP) is 4.51. The molecule has 3 aromatic rings. The molecule has 24 heavy (non-hydrogen) atoms. The van der Waals surface area contributed by atoms with Crippen LogP contribution in [0.2, 0.25) is 0 Å². The Morgan fingerprint density at radius 2 is 2.17 bits per heavy atom. The largest absolute Gasteiger partial charge is 0.496 e. The number of nitriles is 1. The standard InChI is InChI=1S/C18H12N2O2S2/c1-22-15-8-6-12(11-19)10-13(15)7-9-17(21)24-18-20-14-4-2-3-5-16(14)23-18/h2-10H,1H3/b9-7+. The van der Waals surface area contributed by atoms with Crippen molar-refractivity contribution in [3.8, 4) is 11.8 Å². The van der Waals surface area contributed by atoms with E-state index in [1.54, 1.807) is 31.4 Å². The molecule has 0 aliphatic rings. The van der Waals surface area contributed by atoms with Gasteiger partial charge in [-0.05, 0) is 54.2 Å². The molecule has 0 radical (unpaired) electrons. The lowest BCUT2D eigenvalue weighted by Crippen LogP contribution is -1.89. The van der Waals surface area contributed by atoms with Gasteiger partial charge in [-0.15, -0.1) is 11.3 Å². The number of methoxy groups -OCH3 is 1. The van der Waals surface area contributed by atoms with Crippen molar-refractivity contribution >= 4 is 44.5 Å². The van der Waals surface area contributed by atoms with Crippen LogP contribution in [0.15, 0.2) is 52.9 Å². The number of ether oxygens (including phenoxy) is 1. The van der Waals surface area contributed by atoms with E-state index in [2.05, 4.69) is 11.1 Å². The van der Waals surface area contributed by atoms with Crippen molar-refractivity contribution in [2.75, 3.05) is 7.11 Å². The molecule has 0 atom stereocenters. The molecule has 3 rings (SSSR count). The lowest BCUT2D eigenvalue weighted by molar-refractivity contribution is -0.106. The fraction of sp³-hybridized carbons (Fsp3) is 0.0556. The van der Waals surface area contributed by atoms with E-state index in [-0.39, 0.29) is 5.12 Å². The van der Waals surface area contributed by atoms with Crippen LogP contribution < -0.4 is 4.74 Å². The number of hydrogen-bond donors (Lipinski definition) is 0. The van der Waals surface area contributed by atoms with Crippen molar-refractivity contribution in [1.82, 2.24) is 4.98 Å². The zero-order valence-electron chi connectivity index (χ0n) is 12.7. The van der Waals surface area contributed by atoms with E-state index >= 15 is 0 Å². The Kier molecular flexibility index (Phi) is 4.94. The molecule has 0 aliphatic heterocycles. The summed E-state index contributed by atoms with van der Waals surface area (Å²) in [5.41, 5.74) is 2.10. The topological polar surface area (TPSA) is 63.0 Å². The number of rotatable bonds is 4. The Morgan fingerprint density at radius 1 is 1.33 bits per heavy atom. The molecule has 2 aromatic carbocycles. The number of carbonyl (C=O) groups excluding carboxylic acids is 1. The first-order chi connectivity index (χ1) is 11.7. The highest BCUT2D eigenvalue weighted by molar-refractivity contribution is 8.15. The molecule has 0 unspecified atom stereocenters. The number of nitrogens with zero attached hydrogens (tertiary/aromatic N) is 2. The summed E-state index contributed by atoms with van der Waals surface area (Å²) in [6.45, 7) is 0. The number of thiazole rings is 1. The third-order valence-electron chi connectivity index (χ3n) is 3.22. The number of thioether (sulfide) groups is 1. The first-order valence-corrected chi connectivity index (χ1v) is 8.66. The number of aromatic nitrogens is 1. The van der Waals surface area contributed by atoms with Crippen molar-refractivity contribution in [3.05, 3.63) is 59.7 Å². The Hall–Kier alpha value is -2.62. The molecular formula is C18H12N2O2S2. The molecule has 4 nitrogen and oxygen atoms in total. The molecule has 0 amide bonds. The van der Waals surface area contributed by atoms with E-state index in [0.717, 1.165) is 22.0 Å². The Morgan fingerprint density at radius 3 is 2.92 bits per heavy atom. The molecule has 0 aliphatic carbocycles. The van der Waals surface area contributed by atoms with Crippen LogP contribution >= 0.6 is 23.1 Å². The van der Waals surface area contributed by atoms with Gasteiger partial charge in [0, 0.05) is 5.56 Å². The van der Waals surface area contributed by atoms with Gasteiger partial charge in [0.2, 0.25) is 5.12 Å². The van der Waals surface area contributed by atoms with E-state index in [4.69, 9.17) is 10.00 Å². The van der Waals surface area contributed by atoms with E-state index < -0.39 is 0 Å². The summed E-state index contributed by atoms with van der Waals surface area (Å²) in [4.78, 5) is 16.6. The summed E-state index contributed by atoms with van der Waals surface area (Å²) in [5.74, 6) is 0.614. The molecule has 0 saturated heterocycles. The van der Waals surface area contributed by atoms with Gasteiger partial charge in [-0.2, -0.15) is 5.26 Å². The maximum absolute atomic E-state index is 12.2. The van der Waals surface area contributed by atoms with Crippen molar-refractivity contribution in [2.45, 2.75) is 4.34 Å². The number of hydrogen-bond acceptors (Lipinski definition) is 6. The third-order valence-corrected chi connectivity index (χ3v) is 5.15. The van der Waals surface area contributed by atoms with Crippen molar-refractivity contribution in [2.24, 2.45) is 0 Å². The highest BCUT2D eigenvalue weighted by Gasteiger charge is 2.08. The normalized spacial score (nSPS) is 10.8. The molecule has 0 fully saturated rings. The summed E-state index contributed by atoms with van der Waals surface area (Å²) >= 11 is 2.58. The number of carbonyl (C=O) groups is 1. The zero-order chi connectivity index (χ0) is 16.9. The van der Waals surface area contributed by atoms with Crippen LogP contribution in [-0.4, -0.2) is 17.2 Å². The number of fused-ring (bicyclic) bond motifs is 1. The Balaban J connectivity index is 1.77. The van der Waals surface area contributed by atoms with Gasteiger partial charge >= 0.3 is 0 Å². The maximum atomic E-state index is 12.2. The van der Waals surface area contributed by atoms with E-state index in [1.165, 1.54) is 17.4 Å². The molecule has 118 valence electrons. The van der Waals surface area contributed by atoms with Crippen LogP contribution in [0, 0.1) is 11.3 Å². The highest BCUT2D eigenvalue weighted by atomic mass is 32.2. The lowest BCUT2D eigenvalue weighted by Gasteiger charge is -2.04. The van der Waals surface area contributed by atoms with Gasteiger partial charge in [0.15, 0.2) is 4.34 Å². The van der Waals surface area contributed by atoms with E-state index in [0.29, 0.717) is 21.2 Å². The van der Waals surface area contributed by atoms with E-state index in [9.17, 15) is 4.79 Å². The first kappa shape index (κ1) is 16.2. The fourth-order valence-electron chi connectivity index (χ4n) is 2.11. The van der Waals surface area contributed by atoms with Gasteiger partial charge < -0.3 is 4.74 Å². The smallest absolute Gasteiger partial charge is 0.219 e. The first-order valence-electron chi connectivity index (χ1n) is 7.03. The Labute approximate surface area is 147 Å². The van der Waals surface area contributed by atoms with Crippen LogP contribution in [0.25, 0.3) is 16.3 Å². The molecule has 0 bridgehead atoms. The maximum Gasteiger partial charge on any atom is 0.219 e. The molecule has 0 N–H and O–H groups in total. The summed E-state index contributed by atoms with van der Waals surface area (Å²) in [6, 6.07) is 14.9. The second kappa shape index (κ2) is 7.30. The van der Waals surface area contributed by atoms with Crippen LogP contribution in [-0.2, 0) is 4.79 Å². The number of para-hydroxylation sites is 1. The fourth-order valence-corrected chi connectivity index (χ4v) is 3.94. The number of benzene rings is 2. The summed E-state index contributed by atoms with van der Waals surface area (Å²) in [6.07, 6.45) is 3.12. The van der Waals surface area contributed by atoms with Gasteiger partial charge in [-0.3, -0.25) is 4.79 Å². The van der Waals surface area contributed by atoms with Crippen molar-refractivity contribution in [1.29, 1.82) is 5.26 Å². The average Bonchev–Trinajstić information content (AvgIpc) is 3.01. The van der Waals surface area contributed by atoms with Gasteiger partial charge in [0.1, 0.15) is 5.75 Å². The highest BCUT2D eigenvalue weighted by Crippen LogP contribution is 2.30. The minimum atomic E-state index is -0.126. The van der Waals surface area contributed by atoms with Crippen LogP contribution in [0.1, 0.15) is 11.1 Å². The quantitative estimate of drug-likeness (QED) is 0.511. The van der Waals surface area contributed by atoms with Crippen molar-refractivity contribution < 1.29 is 9.53 Å². The van der Waals surface area contributed by atoms with Crippen LogP contribution in [0.3, 0.4) is 0 Å². The molecule has 1 aromatic heterocycles. The van der Waals surface area contributed by atoms with Gasteiger partial charge in [-0.25, -0.2) is 4.98 Å². The Bertz CT molecular complexity index is 938. The third kappa shape index (κ3) is 3.65. The SMILES string of the molecule is COc1ccc(C#N)cc1/C=C/C(=O)Sc1nc2ccccc2s1. The second-order valence-electron chi connectivity index (χ2n) is 4.77. The molecule has 1 heterocycles. The van der Waals surface area contributed by atoms with Gasteiger partial charge in [-0.1, -0.05) is 12.1 Å². The zero-order valence-corrected chi connectivity index (χ0v) is 14.4. The monoisotopic (exact) mass is 352 g/mol. The van der Waals surface area contributed by atoms with Gasteiger partial charge in [0.25, 0.3) is 0 Å². The summed E-state index contributed by atoms with van der Waals surface area (Å²) < 4.78 is 7.01.